The number of ether oxygens (including phenoxy) is 1. The zero-order valence-electron chi connectivity index (χ0n) is 9.41. The molecule has 3 heteroatoms. The molecule has 0 bridgehead atoms. The third-order valence-corrected chi connectivity index (χ3v) is 3.10. The normalized spacial score (nSPS) is 13.5. The quantitative estimate of drug-likeness (QED) is 0.743. The van der Waals surface area contributed by atoms with Crippen molar-refractivity contribution in [1.82, 2.24) is 4.98 Å². The molecule has 0 aliphatic rings. The zero-order chi connectivity index (χ0) is 10.6. The van der Waals surface area contributed by atoms with Crippen molar-refractivity contribution in [2.75, 3.05) is 6.61 Å². The second kappa shape index (κ2) is 5.47. The van der Waals surface area contributed by atoms with Crippen LogP contribution in [0.2, 0.25) is 0 Å². The fourth-order valence-electron chi connectivity index (χ4n) is 1.28. The molecule has 0 fully saturated rings. The van der Waals surface area contributed by atoms with E-state index in [9.17, 15) is 0 Å². The summed E-state index contributed by atoms with van der Waals surface area (Å²) in [6.45, 7) is 9.26. The van der Waals surface area contributed by atoms with Crippen molar-refractivity contribution in [1.29, 1.82) is 0 Å². The number of hydrogen-bond donors (Lipinski definition) is 0. The fourth-order valence-corrected chi connectivity index (χ4v) is 2.39. The van der Waals surface area contributed by atoms with Gasteiger partial charge in [-0.3, -0.25) is 0 Å². The Hall–Kier alpha value is -0.410. The van der Waals surface area contributed by atoms with Gasteiger partial charge in [-0.25, -0.2) is 4.98 Å². The monoisotopic (exact) mass is 213 g/mol. The molecule has 1 heterocycles. The Morgan fingerprint density at radius 2 is 2.14 bits per heavy atom. The van der Waals surface area contributed by atoms with E-state index in [4.69, 9.17) is 4.74 Å². The molecule has 0 spiro atoms. The Morgan fingerprint density at radius 3 is 2.57 bits per heavy atom. The Balaban J connectivity index is 2.73. The van der Waals surface area contributed by atoms with Crippen LogP contribution in [0.1, 0.15) is 56.8 Å². The molecule has 0 saturated heterocycles. The molecule has 0 aliphatic heterocycles. The molecule has 14 heavy (non-hydrogen) atoms. The van der Waals surface area contributed by atoms with Crippen molar-refractivity contribution in [3.05, 3.63) is 16.1 Å². The first-order chi connectivity index (χ1) is 6.69. The maximum atomic E-state index is 5.62. The average Bonchev–Trinajstić information content (AvgIpc) is 2.63. The Labute approximate surface area is 90.3 Å². The Morgan fingerprint density at radius 1 is 1.43 bits per heavy atom. The van der Waals surface area contributed by atoms with E-state index < -0.39 is 0 Å². The molecule has 1 aromatic rings. The average molecular weight is 213 g/mol. The highest BCUT2D eigenvalue weighted by Gasteiger charge is 2.14. The van der Waals surface area contributed by atoms with Gasteiger partial charge >= 0.3 is 0 Å². The second-order valence-electron chi connectivity index (χ2n) is 3.62. The van der Waals surface area contributed by atoms with Crippen LogP contribution in [0.5, 0.6) is 0 Å². The predicted molar refractivity (Wildman–Crippen MR) is 60.9 cm³/mol. The SMILES string of the molecule is CCOC(CC)c1nc(C(C)C)cs1. The van der Waals surface area contributed by atoms with Crippen molar-refractivity contribution < 1.29 is 4.74 Å². The first-order valence-corrected chi connectivity index (χ1v) is 6.13. The predicted octanol–water partition coefficient (Wildman–Crippen LogP) is 3.75. The maximum Gasteiger partial charge on any atom is 0.122 e. The lowest BCUT2D eigenvalue weighted by atomic mass is 10.2. The number of nitrogens with zero attached hydrogens (tertiary/aromatic N) is 1. The zero-order valence-corrected chi connectivity index (χ0v) is 10.2. The van der Waals surface area contributed by atoms with Gasteiger partial charge in [0, 0.05) is 12.0 Å². The van der Waals surface area contributed by atoms with E-state index in [2.05, 4.69) is 31.1 Å². The Kier molecular flexibility index (Phi) is 4.55. The van der Waals surface area contributed by atoms with Crippen molar-refractivity contribution in [3.63, 3.8) is 0 Å². The molecule has 80 valence electrons. The highest BCUT2D eigenvalue weighted by Crippen LogP contribution is 2.26. The molecule has 0 radical (unpaired) electrons. The van der Waals surface area contributed by atoms with Gasteiger partial charge in [0.15, 0.2) is 0 Å². The molecule has 1 atom stereocenters. The van der Waals surface area contributed by atoms with E-state index in [1.807, 2.05) is 6.92 Å². The minimum absolute atomic E-state index is 0.192. The highest BCUT2D eigenvalue weighted by atomic mass is 32.1. The van der Waals surface area contributed by atoms with Gasteiger partial charge in [0.25, 0.3) is 0 Å². The van der Waals surface area contributed by atoms with Crippen LogP contribution in [0.3, 0.4) is 0 Å². The van der Waals surface area contributed by atoms with Crippen molar-refractivity contribution in [2.45, 2.75) is 46.1 Å². The number of hydrogen-bond acceptors (Lipinski definition) is 3. The van der Waals surface area contributed by atoms with E-state index in [0.29, 0.717) is 5.92 Å². The lowest BCUT2D eigenvalue weighted by Crippen LogP contribution is -2.02. The van der Waals surface area contributed by atoms with Crippen LogP contribution in [0.15, 0.2) is 5.38 Å². The number of thiazole rings is 1. The van der Waals surface area contributed by atoms with Crippen LogP contribution in [0.4, 0.5) is 0 Å². The van der Waals surface area contributed by atoms with Gasteiger partial charge in [-0.1, -0.05) is 20.8 Å². The summed E-state index contributed by atoms with van der Waals surface area (Å²) in [5.74, 6) is 0.513. The summed E-state index contributed by atoms with van der Waals surface area (Å²) in [6.07, 6.45) is 1.19. The molecule has 0 aliphatic carbocycles. The van der Waals surface area contributed by atoms with E-state index in [0.717, 1.165) is 18.0 Å². The van der Waals surface area contributed by atoms with Gasteiger partial charge < -0.3 is 4.74 Å². The van der Waals surface area contributed by atoms with Crippen LogP contribution in [-0.2, 0) is 4.74 Å². The molecule has 0 aromatic carbocycles. The van der Waals surface area contributed by atoms with Crippen LogP contribution >= 0.6 is 11.3 Å². The molecule has 0 amide bonds. The molecule has 0 saturated carbocycles. The standard InChI is InChI=1S/C11H19NOS/c1-5-10(13-6-2)11-12-9(7-14-11)8(3)4/h7-8,10H,5-6H2,1-4H3. The van der Waals surface area contributed by atoms with Crippen LogP contribution in [0.25, 0.3) is 0 Å². The summed E-state index contributed by atoms with van der Waals surface area (Å²) in [6, 6.07) is 0. The summed E-state index contributed by atoms with van der Waals surface area (Å²) in [5, 5.41) is 3.26. The molecule has 1 aromatic heterocycles. The lowest BCUT2D eigenvalue weighted by Gasteiger charge is -2.11. The largest absolute Gasteiger partial charge is 0.371 e. The lowest BCUT2D eigenvalue weighted by molar-refractivity contribution is 0.0595. The molecular weight excluding hydrogens is 194 g/mol. The number of aromatic nitrogens is 1. The van der Waals surface area contributed by atoms with Gasteiger partial charge in [0.1, 0.15) is 11.1 Å². The molecular formula is C11H19NOS. The van der Waals surface area contributed by atoms with Crippen LogP contribution in [-0.4, -0.2) is 11.6 Å². The van der Waals surface area contributed by atoms with Gasteiger partial charge in [-0.2, -0.15) is 0 Å². The molecule has 1 unspecified atom stereocenters. The van der Waals surface area contributed by atoms with E-state index in [-0.39, 0.29) is 6.10 Å². The summed E-state index contributed by atoms with van der Waals surface area (Å²) >= 11 is 1.71. The molecule has 1 rings (SSSR count). The molecule has 2 nitrogen and oxygen atoms in total. The van der Waals surface area contributed by atoms with E-state index >= 15 is 0 Å². The van der Waals surface area contributed by atoms with Crippen LogP contribution in [0, 0.1) is 0 Å². The van der Waals surface area contributed by atoms with Crippen molar-refractivity contribution in [3.8, 4) is 0 Å². The van der Waals surface area contributed by atoms with Gasteiger partial charge in [-0.05, 0) is 19.3 Å². The van der Waals surface area contributed by atoms with E-state index in [1.165, 1.54) is 5.69 Å². The smallest absolute Gasteiger partial charge is 0.122 e. The number of rotatable bonds is 5. The van der Waals surface area contributed by atoms with Crippen molar-refractivity contribution >= 4 is 11.3 Å². The van der Waals surface area contributed by atoms with Gasteiger partial charge in [0.05, 0.1) is 5.69 Å². The van der Waals surface area contributed by atoms with Crippen LogP contribution < -0.4 is 0 Å². The van der Waals surface area contributed by atoms with Crippen molar-refractivity contribution in [2.24, 2.45) is 0 Å². The topological polar surface area (TPSA) is 22.1 Å². The summed E-state index contributed by atoms with van der Waals surface area (Å²) < 4.78 is 5.62. The third kappa shape index (κ3) is 2.79. The van der Waals surface area contributed by atoms with Gasteiger partial charge in [-0.15, -0.1) is 11.3 Å². The van der Waals surface area contributed by atoms with E-state index in [1.54, 1.807) is 11.3 Å². The Bertz CT molecular complexity index is 270. The summed E-state index contributed by atoms with van der Waals surface area (Å²) in [4.78, 5) is 4.59. The fraction of sp³-hybridized carbons (Fsp3) is 0.727. The minimum atomic E-state index is 0.192. The maximum absolute atomic E-state index is 5.62. The first-order valence-electron chi connectivity index (χ1n) is 5.25. The summed E-state index contributed by atoms with van der Waals surface area (Å²) in [7, 11) is 0. The first kappa shape index (κ1) is 11.7. The minimum Gasteiger partial charge on any atom is -0.371 e. The van der Waals surface area contributed by atoms with Gasteiger partial charge in [0.2, 0.25) is 0 Å². The third-order valence-electron chi connectivity index (χ3n) is 2.15. The second-order valence-corrected chi connectivity index (χ2v) is 4.51. The summed E-state index contributed by atoms with van der Waals surface area (Å²) in [5.41, 5.74) is 1.18. The highest BCUT2D eigenvalue weighted by molar-refractivity contribution is 7.09. The molecule has 0 N–H and O–H groups in total.